The van der Waals surface area contributed by atoms with E-state index in [1.54, 1.807) is 7.11 Å². The molecule has 80 valence electrons. The van der Waals surface area contributed by atoms with Gasteiger partial charge in [0.15, 0.2) is 0 Å². The van der Waals surface area contributed by atoms with Crippen LogP contribution in [0.1, 0.15) is 25.5 Å². The van der Waals surface area contributed by atoms with Crippen molar-refractivity contribution in [3.05, 3.63) is 23.8 Å². The monoisotopic (exact) mass is 206 g/mol. The average Bonchev–Trinajstić information content (AvgIpc) is 2.96. The third-order valence-corrected chi connectivity index (χ3v) is 3.08. The van der Waals surface area contributed by atoms with Crippen LogP contribution in [0.5, 0.6) is 11.5 Å². The van der Waals surface area contributed by atoms with Crippen molar-refractivity contribution in [2.75, 3.05) is 7.11 Å². The van der Waals surface area contributed by atoms with Gasteiger partial charge < -0.3 is 14.2 Å². The SMILES string of the molecule is COc1ccc2c(c1)OC(C)(C)[C@H]1O[C@@H]21. The third-order valence-electron chi connectivity index (χ3n) is 3.08. The Morgan fingerprint density at radius 2 is 2.13 bits per heavy atom. The van der Waals surface area contributed by atoms with Gasteiger partial charge >= 0.3 is 0 Å². The summed E-state index contributed by atoms with van der Waals surface area (Å²) < 4.78 is 16.7. The first-order valence-electron chi connectivity index (χ1n) is 5.14. The van der Waals surface area contributed by atoms with Gasteiger partial charge in [-0.25, -0.2) is 0 Å². The van der Waals surface area contributed by atoms with Crippen LogP contribution in [0.4, 0.5) is 0 Å². The molecule has 1 saturated heterocycles. The van der Waals surface area contributed by atoms with Crippen LogP contribution in [0.25, 0.3) is 0 Å². The molecule has 2 aliphatic heterocycles. The first kappa shape index (κ1) is 9.04. The molecule has 0 unspecified atom stereocenters. The molecule has 1 fully saturated rings. The molecule has 0 aromatic heterocycles. The molecule has 2 atom stereocenters. The second-order valence-electron chi connectivity index (χ2n) is 4.59. The fourth-order valence-corrected chi connectivity index (χ4v) is 2.18. The summed E-state index contributed by atoms with van der Waals surface area (Å²) in [5.74, 6) is 1.71. The van der Waals surface area contributed by atoms with E-state index < -0.39 is 0 Å². The quantitative estimate of drug-likeness (QED) is 0.661. The summed E-state index contributed by atoms with van der Waals surface area (Å²) in [6, 6.07) is 5.89. The lowest BCUT2D eigenvalue weighted by atomic mass is 9.94. The zero-order valence-corrected chi connectivity index (χ0v) is 9.11. The molecule has 3 nitrogen and oxygen atoms in total. The van der Waals surface area contributed by atoms with E-state index in [1.807, 2.05) is 18.2 Å². The average molecular weight is 206 g/mol. The van der Waals surface area contributed by atoms with Gasteiger partial charge in [-0.2, -0.15) is 0 Å². The van der Waals surface area contributed by atoms with Crippen LogP contribution in [-0.2, 0) is 4.74 Å². The largest absolute Gasteiger partial charge is 0.497 e. The molecule has 2 aliphatic rings. The summed E-state index contributed by atoms with van der Waals surface area (Å²) in [5.41, 5.74) is 0.907. The molecule has 15 heavy (non-hydrogen) atoms. The van der Waals surface area contributed by atoms with Gasteiger partial charge in [-0.05, 0) is 26.0 Å². The molecule has 0 spiro atoms. The Bertz CT molecular complexity index is 411. The Hall–Kier alpha value is -1.22. The van der Waals surface area contributed by atoms with E-state index >= 15 is 0 Å². The van der Waals surface area contributed by atoms with E-state index in [0.717, 1.165) is 17.1 Å². The lowest BCUT2D eigenvalue weighted by Gasteiger charge is -2.29. The molecule has 3 heteroatoms. The van der Waals surface area contributed by atoms with E-state index in [1.165, 1.54) is 0 Å². The Morgan fingerprint density at radius 1 is 1.33 bits per heavy atom. The minimum absolute atomic E-state index is 0.207. The highest BCUT2D eigenvalue weighted by atomic mass is 16.6. The van der Waals surface area contributed by atoms with Crippen molar-refractivity contribution in [2.45, 2.75) is 31.7 Å². The first-order chi connectivity index (χ1) is 7.12. The van der Waals surface area contributed by atoms with Gasteiger partial charge in [-0.15, -0.1) is 0 Å². The summed E-state index contributed by atoms with van der Waals surface area (Å²) in [4.78, 5) is 0. The van der Waals surface area contributed by atoms with Crippen molar-refractivity contribution >= 4 is 0 Å². The maximum Gasteiger partial charge on any atom is 0.132 e. The summed E-state index contributed by atoms with van der Waals surface area (Å²) in [6.45, 7) is 4.11. The normalized spacial score (nSPS) is 29.8. The van der Waals surface area contributed by atoms with E-state index in [2.05, 4.69) is 13.8 Å². The maximum absolute atomic E-state index is 5.91. The molecule has 0 N–H and O–H groups in total. The van der Waals surface area contributed by atoms with Crippen LogP contribution in [0, 0.1) is 0 Å². The van der Waals surface area contributed by atoms with Gasteiger partial charge in [0, 0.05) is 11.6 Å². The Balaban J connectivity index is 2.05. The molecule has 0 saturated carbocycles. The van der Waals surface area contributed by atoms with Crippen LogP contribution in [-0.4, -0.2) is 18.8 Å². The van der Waals surface area contributed by atoms with Gasteiger partial charge in [0.2, 0.25) is 0 Å². The predicted octanol–water partition coefficient (Wildman–Crippen LogP) is 2.31. The summed E-state index contributed by atoms with van der Waals surface area (Å²) in [7, 11) is 1.66. The Kier molecular flexibility index (Phi) is 1.61. The highest BCUT2D eigenvalue weighted by Crippen LogP contribution is 2.54. The lowest BCUT2D eigenvalue weighted by molar-refractivity contribution is 0.0723. The number of ether oxygens (including phenoxy) is 3. The van der Waals surface area contributed by atoms with Gasteiger partial charge in [0.05, 0.1) is 7.11 Å². The summed E-state index contributed by atoms with van der Waals surface area (Å²) in [5, 5.41) is 0. The molecule has 0 radical (unpaired) electrons. The number of epoxide rings is 1. The number of hydrogen-bond donors (Lipinski definition) is 0. The van der Waals surface area contributed by atoms with E-state index in [9.17, 15) is 0 Å². The van der Waals surface area contributed by atoms with Crippen molar-refractivity contribution in [2.24, 2.45) is 0 Å². The minimum atomic E-state index is -0.232. The fourth-order valence-electron chi connectivity index (χ4n) is 2.18. The predicted molar refractivity (Wildman–Crippen MR) is 55.3 cm³/mol. The van der Waals surface area contributed by atoms with Crippen molar-refractivity contribution in [3.8, 4) is 11.5 Å². The van der Waals surface area contributed by atoms with Crippen molar-refractivity contribution in [3.63, 3.8) is 0 Å². The summed E-state index contributed by atoms with van der Waals surface area (Å²) in [6.07, 6.45) is 0.424. The lowest BCUT2D eigenvalue weighted by Crippen LogP contribution is -2.37. The van der Waals surface area contributed by atoms with Crippen LogP contribution in [0.2, 0.25) is 0 Å². The van der Waals surface area contributed by atoms with Gasteiger partial charge in [0.25, 0.3) is 0 Å². The molecular weight excluding hydrogens is 192 g/mol. The molecule has 1 aromatic carbocycles. The van der Waals surface area contributed by atoms with Gasteiger partial charge in [-0.3, -0.25) is 0 Å². The molecule has 0 bridgehead atoms. The van der Waals surface area contributed by atoms with E-state index in [4.69, 9.17) is 14.2 Å². The maximum atomic E-state index is 5.91. The number of rotatable bonds is 1. The van der Waals surface area contributed by atoms with Crippen molar-refractivity contribution < 1.29 is 14.2 Å². The number of benzene rings is 1. The van der Waals surface area contributed by atoms with E-state index in [0.29, 0.717) is 0 Å². The zero-order valence-electron chi connectivity index (χ0n) is 9.11. The molecule has 0 amide bonds. The van der Waals surface area contributed by atoms with E-state index in [-0.39, 0.29) is 17.8 Å². The summed E-state index contributed by atoms with van der Waals surface area (Å²) >= 11 is 0. The molecule has 1 aromatic rings. The molecule has 0 aliphatic carbocycles. The second-order valence-corrected chi connectivity index (χ2v) is 4.59. The second kappa shape index (κ2) is 2.67. The molecule has 3 rings (SSSR count). The Labute approximate surface area is 89.0 Å². The number of hydrogen-bond acceptors (Lipinski definition) is 3. The van der Waals surface area contributed by atoms with Crippen LogP contribution < -0.4 is 9.47 Å². The van der Waals surface area contributed by atoms with Gasteiger partial charge in [-0.1, -0.05) is 0 Å². The van der Waals surface area contributed by atoms with Crippen LogP contribution in [0.3, 0.4) is 0 Å². The zero-order chi connectivity index (χ0) is 10.6. The molecular formula is C12H14O3. The molecule has 2 heterocycles. The van der Waals surface area contributed by atoms with Gasteiger partial charge in [0.1, 0.15) is 29.3 Å². The Morgan fingerprint density at radius 3 is 2.87 bits per heavy atom. The smallest absolute Gasteiger partial charge is 0.132 e. The van der Waals surface area contributed by atoms with Crippen molar-refractivity contribution in [1.82, 2.24) is 0 Å². The standard InChI is InChI=1S/C12H14O3/c1-12(2)11-10(14-11)8-5-4-7(13-3)6-9(8)15-12/h4-6,10-11H,1-3H3/t10-,11-/m0/s1. The number of fused-ring (bicyclic) bond motifs is 3. The number of methoxy groups -OCH3 is 1. The highest BCUT2D eigenvalue weighted by Gasteiger charge is 2.56. The minimum Gasteiger partial charge on any atom is -0.497 e. The van der Waals surface area contributed by atoms with Crippen LogP contribution in [0.15, 0.2) is 18.2 Å². The first-order valence-corrected chi connectivity index (χ1v) is 5.14. The third kappa shape index (κ3) is 1.23. The van der Waals surface area contributed by atoms with Crippen molar-refractivity contribution in [1.29, 1.82) is 0 Å². The highest BCUT2D eigenvalue weighted by molar-refractivity contribution is 5.46. The fraction of sp³-hybridized carbons (Fsp3) is 0.500. The van der Waals surface area contributed by atoms with Crippen LogP contribution >= 0.6 is 0 Å². The topological polar surface area (TPSA) is 31.0 Å².